The fourth-order valence-electron chi connectivity index (χ4n) is 3.45. The van der Waals surface area contributed by atoms with Crippen molar-refractivity contribution in [3.63, 3.8) is 0 Å². The Morgan fingerprint density at radius 1 is 0.833 bits per heavy atom. The normalized spacial score (nSPS) is 39.3. The van der Waals surface area contributed by atoms with Crippen molar-refractivity contribution in [2.45, 2.75) is 77.3 Å². The van der Waals surface area contributed by atoms with Gasteiger partial charge in [0.2, 0.25) is 0 Å². The molecule has 2 rings (SSSR count). The molecule has 2 fully saturated rings. The van der Waals surface area contributed by atoms with E-state index >= 15 is 0 Å². The first kappa shape index (κ1) is 14.2. The lowest BCUT2D eigenvalue weighted by Gasteiger charge is -2.32. The predicted octanol–water partition coefficient (Wildman–Crippen LogP) is 5.72. The van der Waals surface area contributed by atoms with Gasteiger partial charge in [0, 0.05) is 0 Å². The Morgan fingerprint density at radius 2 is 1.33 bits per heavy atom. The molecule has 0 nitrogen and oxygen atoms in total. The van der Waals surface area contributed by atoms with Crippen LogP contribution in [0.1, 0.15) is 71.1 Å². The summed E-state index contributed by atoms with van der Waals surface area (Å²) in [4.78, 5) is 0. The van der Waals surface area contributed by atoms with Gasteiger partial charge in [0.15, 0.2) is 0 Å². The first-order chi connectivity index (χ1) is 8.42. The van der Waals surface area contributed by atoms with Crippen LogP contribution in [0, 0.1) is 17.3 Å². The first-order valence-corrected chi connectivity index (χ1v) is 7.49. The van der Waals surface area contributed by atoms with Gasteiger partial charge in [0.1, 0.15) is 0 Å². The maximum atomic E-state index is 13.1. The van der Waals surface area contributed by atoms with Crippen LogP contribution in [-0.2, 0) is 0 Å². The molecular weight excluding hydrogens is 237 g/mol. The second-order valence-electron chi connectivity index (χ2n) is 6.66. The molecule has 0 aromatic heterocycles. The fraction of sp³-hybridized carbons (Fsp3) is 1.00. The van der Waals surface area contributed by atoms with E-state index in [9.17, 15) is 13.2 Å². The van der Waals surface area contributed by atoms with Gasteiger partial charge < -0.3 is 0 Å². The van der Waals surface area contributed by atoms with Crippen LogP contribution >= 0.6 is 0 Å². The molecule has 0 aliphatic heterocycles. The molecule has 3 heteroatoms. The molecule has 106 valence electrons. The van der Waals surface area contributed by atoms with Crippen molar-refractivity contribution >= 4 is 0 Å². The number of fused-ring (bicyclic) bond motifs is 1. The number of rotatable bonds is 0. The number of halogens is 3. The summed E-state index contributed by atoms with van der Waals surface area (Å²) in [6, 6.07) is 0. The highest BCUT2D eigenvalue weighted by Gasteiger charge is 2.49. The third kappa shape index (κ3) is 3.42. The van der Waals surface area contributed by atoms with Crippen molar-refractivity contribution in [2.75, 3.05) is 0 Å². The van der Waals surface area contributed by atoms with Gasteiger partial charge in [-0.25, -0.2) is 0 Å². The van der Waals surface area contributed by atoms with Crippen LogP contribution in [0.5, 0.6) is 0 Å². The fourth-order valence-corrected chi connectivity index (χ4v) is 3.45. The quantitative estimate of drug-likeness (QED) is 0.524. The van der Waals surface area contributed by atoms with Crippen LogP contribution in [0.3, 0.4) is 0 Å². The smallest absolute Gasteiger partial charge is 0.171 e. The average Bonchev–Trinajstić information content (AvgIpc) is 2.99. The standard InChI is InChI=1S/C15H25F3/c1-14(15(16,17)18)9-5-2-3-7-12-11-13(12)8-4-6-10-14/h12-13H,2-11H2,1H3. The Balaban J connectivity index is 1.91. The zero-order valence-electron chi connectivity index (χ0n) is 11.4. The number of alkyl halides is 3. The highest BCUT2D eigenvalue weighted by Crippen LogP contribution is 2.49. The summed E-state index contributed by atoms with van der Waals surface area (Å²) < 4.78 is 39.4. The Kier molecular flexibility index (Phi) is 4.28. The van der Waals surface area contributed by atoms with Gasteiger partial charge in [-0.15, -0.1) is 0 Å². The lowest BCUT2D eigenvalue weighted by molar-refractivity contribution is -0.223. The summed E-state index contributed by atoms with van der Waals surface area (Å²) in [7, 11) is 0. The van der Waals surface area contributed by atoms with Gasteiger partial charge in [-0.1, -0.05) is 51.9 Å². The van der Waals surface area contributed by atoms with Crippen molar-refractivity contribution in [2.24, 2.45) is 17.3 Å². The van der Waals surface area contributed by atoms with Gasteiger partial charge in [0.25, 0.3) is 0 Å². The SMILES string of the molecule is CC1(C(F)(F)F)CCCCCC2CC2CCCC1. The Labute approximate surface area is 108 Å². The van der Waals surface area contributed by atoms with Crippen LogP contribution in [0.25, 0.3) is 0 Å². The molecule has 0 bridgehead atoms. The largest absolute Gasteiger partial charge is 0.394 e. The van der Waals surface area contributed by atoms with Gasteiger partial charge >= 0.3 is 6.18 Å². The van der Waals surface area contributed by atoms with Crippen molar-refractivity contribution in [1.82, 2.24) is 0 Å². The van der Waals surface area contributed by atoms with Gasteiger partial charge in [-0.3, -0.25) is 0 Å². The van der Waals surface area contributed by atoms with Crippen molar-refractivity contribution in [3.8, 4) is 0 Å². The number of hydrogen-bond acceptors (Lipinski definition) is 0. The second kappa shape index (κ2) is 5.42. The zero-order valence-corrected chi connectivity index (χ0v) is 11.4. The van der Waals surface area contributed by atoms with Gasteiger partial charge in [-0.05, 0) is 31.1 Å². The molecule has 0 amide bonds. The van der Waals surface area contributed by atoms with Crippen molar-refractivity contribution < 1.29 is 13.2 Å². The molecule has 0 N–H and O–H groups in total. The monoisotopic (exact) mass is 262 g/mol. The molecule has 18 heavy (non-hydrogen) atoms. The third-order valence-corrected chi connectivity index (χ3v) is 5.11. The molecule has 0 saturated heterocycles. The summed E-state index contributed by atoms with van der Waals surface area (Å²) in [6.45, 7) is 1.43. The molecule has 3 atom stereocenters. The minimum atomic E-state index is -4.03. The van der Waals surface area contributed by atoms with Crippen LogP contribution in [0.2, 0.25) is 0 Å². The maximum absolute atomic E-state index is 13.1. The summed E-state index contributed by atoms with van der Waals surface area (Å²) in [5.74, 6) is 1.76. The minimum absolute atomic E-state index is 0.324. The second-order valence-corrected chi connectivity index (χ2v) is 6.66. The van der Waals surface area contributed by atoms with E-state index in [1.165, 1.54) is 26.2 Å². The Bertz CT molecular complexity index is 271. The van der Waals surface area contributed by atoms with Crippen LogP contribution in [-0.4, -0.2) is 6.18 Å². The van der Waals surface area contributed by atoms with E-state index in [1.807, 2.05) is 0 Å². The van der Waals surface area contributed by atoms with Crippen LogP contribution in [0.15, 0.2) is 0 Å². The maximum Gasteiger partial charge on any atom is 0.394 e. The van der Waals surface area contributed by atoms with Crippen LogP contribution in [0.4, 0.5) is 13.2 Å². The molecular formula is C15H25F3. The summed E-state index contributed by atoms with van der Waals surface area (Å²) >= 11 is 0. The molecule has 0 aromatic rings. The van der Waals surface area contributed by atoms with E-state index in [1.54, 1.807) is 0 Å². The topological polar surface area (TPSA) is 0 Å². The van der Waals surface area contributed by atoms with E-state index < -0.39 is 11.6 Å². The first-order valence-electron chi connectivity index (χ1n) is 7.49. The Morgan fingerprint density at radius 3 is 1.89 bits per heavy atom. The lowest BCUT2D eigenvalue weighted by atomic mass is 9.78. The zero-order chi connectivity index (χ0) is 13.2. The molecule has 2 aliphatic rings. The lowest BCUT2D eigenvalue weighted by Crippen LogP contribution is -2.35. The molecule has 0 aromatic carbocycles. The van der Waals surface area contributed by atoms with E-state index in [0.29, 0.717) is 12.8 Å². The summed E-state index contributed by atoms with van der Waals surface area (Å²) in [6.07, 6.45) is 4.99. The molecule has 3 unspecified atom stereocenters. The molecule has 0 spiro atoms. The van der Waals surface area contributed by atoms with E-state index in [-0.39, 0.29) is 0 Å². The van der Waals surface area contributed by atoms with E-state index in [4.69, 9.17) is 0 Å². The third-order valence-electron chi connectivity index (χ3n) is 5.11. The molecule has 2 saturated carbocycles. The van der Waals surface area contributed by atoms with E-state index in [0.717, 1.165) is 43.9 Å². The summed E-state index contributed by atoms with van der Waals surface area (Å²) in [5.41, 5.74) is -1.44. The van der Waals surface area contributed by atoms with Gasteiger partial charge in [0.05, 0.1) is 5.41 Å². The summed E-state index contributed by atoms with van der Waals surface area (Å²) in [5, 5.41) is 0. The molecule has 0 heterocycles. The van der Waals surface area contributed by atoms with Crippen molar-refractivity contribution in [3.05, 3.63) is 0 Å². The highest BCUT2D eigenvalue weighted by atomic mass is 19.4. The average molecular weight is 262 g/mol. The highest BCUT2D eigenvalue weighted by molar-refractivity contribution is 4.87. The number of hydrogen-bond donors (Lipinski definition) is 0. The molecule has 0 radical (unpaired) electrons. The van der Waals surface area contributed by atoms with Gasteiger partial charge in [-0.2, -0.15) is 13.2 Å². The van der Waals surface area contributed by atoms with Crippen molar-refractivity contribution in [1.29, 1.82) is 0 Å². The minimum Gasteiger partial charge on any atom is -0.171 e. The van der Waals surface area contributed by atoms with Crippen LogP contribution < -0.4 is 0 Å². The predicted molar refractivity (Wildman–Crippen MR) is 67.3 cm³/mol. The molecule has 2 aliphatic carbocycles. The van der Waals surface area contributed by atoms with E-state index in [2.05, 4.69) is 0 Å². The Hall–Kier alpha value is -0.210.